The van der Waals surface area contributed by atoms with Crippen LogP contribution in [0.25, 0.3) is 4.96 Å². The van der Waals surface area contributed by atoms with Gasteiger partial charge in [-0.3, -0.25) is 9.20 Å². The number of ketones is 1. The van der Waals surface area contributed by atoms with Gasteiger partial charge in [0.05, 0.1) is 12.0 Å². The van der Waals surface area contributed by atoms with Gasteiger partial charge in [-0.05, 0) is 6.92 Å². The zero-order valence-electron chi connectivity index (χ0n) is 9.10. The number of carbonyl (C=O) groups excluding carboxylic acids is 2. The molecule has 16 heavy (non-hydrogen) atoms. The topological polar surface area (TPSA) is 60.7 Å². The monoisotopic (exact) mass is 238 g/mol. The van der Waals surface area contributed by atoms with Crippen LogP contribution in [-0.2, 0) is 4.74 Å². The van der Waals surface area contributed by atoms with Crippen molar-refractivity contribution in [2.24, 2.45) is 0 Å². The van der Waals surface area contributed by atoms with Crippen LogP contribution in [0.5, 0.6) is 0 Å². The van der Waals surface area contributed by atoms with Crippen molar-refractivity contribution in [3.8, 4) is 0 Å². The highest BCUT2D eigenvalue weighted by atomic mass is 32.1. The summed E-state index contributed by atoms with van der Waals surface area (Å²) >= 11 is 1.28. The van der Waals surface area contributed by atoms with Gasteiger partial charge in [-0.2, -0.15) is 0 Å². The molecule has 0 aliphatic rings. The molecule has 84 valence electrons. The van der Waals surface area contributed by atoms with Gasteiger partial charge in [-0.25, -0.2) is 9.78 Å². The van der Waals surface area contributed by atoms with E-state index in [-0.39, 0.29) is 11.5 Å². The number of aromatic nitrogens is 2. The molecule has 2 aromatic rings. The lowest BCUT2D eigenvalue weighted by Crippen LogP contribution is -2.01. The highest BCUT2D eigenvalue weighted by molar-refractivity contribution is 7.19. The minimum Gasteiger partial charge on any atom is -0.464 e. The summed E-state index contributed by atoms with van der Waals surface area (Å²) in [5.74, 6) is -0.465. The second kappa shape index (κ2) is 3.71. The zero-order chi connectivity index (χ0) is 11.9. The van der Waals surface area contributed by atoms with E-state index in [2.05, 4.69) is 9.72 Å². The summed E-state index contributed by atoms with van der Waals surface area (Å²) in [7, 11) is 1.31. The van der Waals surface area contributed by atoms with Crippen molar-refractivity contribution < 1.29 is 14.3 Å². The first kappa shape index (κ1) is 10.8. The predicted octanol–water partition coefficient (Wildman–Crippen LogP) is 1.69. The summed E-state index contributed by atoms with van der Waals surface area (Å²) < 4.78 is 6.31. The van der Waals surface area contributed by atoms with Crippen molar-refractivity contribution in [2.75, 3.05) is 7.11 Å². The number of imidazole rings is 1. The predicted molar refractivity (Wildman–Crippen MR) is 59.2 cm³/mol. The van der Waals surface area contributed by atoms with Crippen LogP contribution < -0.4 is 0 Å². The Labute approximate surface area is 95.7 Å². The van der Waals surface area contributed by atoms with Gasteiger partial charge in [0.15, 0.2) is 16.4 Å². The molecule has 5 nitrogen and oxygen atoms in total. The average Bonchev–Trinajstić information content (AvgIpc) is 2.77. The summed E-state index contributed by atoms with van der Waals surface area (Å²) in [6.45, 7) is 3.34. The number of nitrogens with zero attached hydrogens (tertiary/aromatic N) is 2. The van der Waals surface area contributed by atoms with Gasteiger partial charge in [0, 0.05) is 18.8 Å². The third-order valence-electron chi connectivity index (χ3n) is 2.27. The summed E-state index contributed by atoms with van der Waals surface area (Å²) in [5.41, 5.74) is 1.06. The number of fused-ring (bicyclic) bond motifs is 1. The first-order chi connectivity index (χ1) is 7.54. The zero-order valence-corrected chi connectivity index (χ0v) is 9.92. The molecule has 2 aromatic heterocycles. The Hall–Kier alpha value is -1.69. The number of aryl methyl sites for hydroxylation is 1. The molecule has 0 saturated heterocycles. The smallest absolute Gasteiger partial charge is 0.358 e. The third-order valence-corrected chi connectivity index (χ3v) is 3.53. The lowest BCUT2D eigenvalue weighted by atomic mass is 10.3. The molecule has 2 heterocycles. The maximum absolute atomic E-state index is 11.3. The van der Waals surface area contributed by atoms with Crippen molar-refractivity contribution in [1.82, 2.24) is 9.38 Å². The Bertz CT molecular complexity index is 582. The van der Waals surface area contributed by atoms with Crippen molar-refractivity contribution >= 4 is 28.1 Å². The Morgan fingerprint density at radius 3 is 2.69 bits per heavy atom. The van der Waals surface area contributed by atoms with Crippen molar-refractivity contribution in [3.05, 3.63) is 22.5 Å². The van der Waals surface area contributed by atoms with Gasteiger partial charge < -0.3 is 4.74 Å². The molecule has 0 unspecified atom stereocenters. The Balaban J connectivity index is 2.58. The first-order valence-corrected chi connectivity index (χ1v) is 5.44. The standard InChI is InChI=1S/C10H10N2O3S/c1-5-8(6(2)13)16-10-11-7(4-12(5)10)9(14)15-3/h4H,1-3H3. The van der Waals surface area contributed by atoms with Gasteiger partial charge in [0.2, 0.25) is 0 Å². The van der Waals surface area contributed by atoms with Gasteiger partial charge in [0.1, 0.15) is 0 Å². The molecule has 0 fully saturated rings. The molecule has 0 saturated carbocycles. The Morgan fingerprint density at radius 1 is 1.50 bits per heavy atom. The minimum atomic E-state index is -0.473. The van der Waals surface area contributed by atoms with Crippen LogP contribution in [0.3, 0.4) is 0 Å². The second-order valence-corrected chi connectivity index (χ2v) is 4.32. The van der Waals surface area contributed by atoms with E-state index >= 15 is 0 Å². The summed E-state index contributed by atoms with van der Waals surface area (Å²) in [6.07, 6.45) is 1.58. The van der Waals surface area contributed by atoms with E-state index in [0.717, 1.165) is 5.69 Å². The molecular weight excluding hydrogens is 228 g/mol. The largest absolute Gasteiger partial charge is 0.464 e. The molecule has 2 rings (SSSR count). The first-order valence-electron chi connectivity index (χ1n) is 4.62. The molecule has 0 aromatic carbocycles. The van der Waals surface area contributed by atoms with Crippen LogP contribution in [-0.4, -0.2) is 28.2 Å². The lowest BCUT2D eigenvalue weighted by molar-refractivity contribution is 0.0594. The van der Waals surface area contributed by atoms with Gasteiger partial charge in [0.25, 0.3) is 0 Å². The van der Waals surface area contributed by atoms with E-state index < -0.39 is 5.97 Å². The Morgan fingerprint density at radius 2 is 2.19 bits per heavy atom. The van der Waals surface area contributed by atoms with E-state index in [1.54, 1.807) is 10.6 Å². The number of hydrogen-bond donors (Lipinski definition) is 0. The van der Waals surface area contributed by atoms with Crippen LogP contribution in [0.4, 0.5) is 0 Å². The number of esters is 1. The van der Waals surface area contributed by atoms with E-state index in [1.807, 2.05) is 6.92 Å². The fourth-order valence-electron chi connectivity index (χ4n) is 1.48. The molecule has 0 radical (unpaired) electrons. The van der Waals surface area contributed by atoms with Crippen molar-refractivity contribution in [3.63, 3.8) is 0 Å². The van der Waals surface area contributed by atoms with Crippen LogP contribution in [0.2, 0.25) is 0 Å². The van der Waals surface area contributed by atoms with E-state index in [1.165, 1.54) is 25.4 Å². The molecule has 0 spiro atoms. The van der Waals surface area contributed by atoms with Gasteiger partial charge >= 0.3 is 5.97 Å². The normalized spacial score (nSPS) is 10.7. The highest BCUT2D eigenvalue weighted by Crippen LogP contribution is 2.23. The number of rotatable bonds is 2. The number of hydrogen-bond acceptors (Lipinski definition) is 5. The van der Waals surface area contributed by atoms with Crippen LogP contribution in [0, 0.1) is 6.92 Å². The molecule has 0 atom stereocenters. The Kier molecular flexibility index (Phi) is 2.51. The SMILES string of the molecule is COC(=O)c1cn2c(C)c(C(C)=O)sc2n1. The second-order valence-electron chi connectivity index (χ2n) is 3.34. The fraction of sp³-hybridized carbons (Fsp3) is 0.300. The summed E-state index contributed by atoms with van der Waals surface area (Å²) in [6, 6.07) is 0. The molecule has 0 N–H and O–H groups in total. The molecule has 6 heteroatoms. The minimum absolute atomic E-state index is 0.00705. The molecule has 0 aliphatic heterocycles. The maximum Gasteiger partial charge on any atom is 0.358 e. The summed E-state index contributed by atoms with van der Waals surface area (Å²) in [4.78, 5) is 27.9. The molecule has 0 bridgehead atoms. The average molecular weight is 238 g/mol. The van der Waals surface area contributed by atoms with Crippen LogP contribution in [0.1, 0.15) is 32.8 Å². The van der Waals surface area contributed by atoms with Crippen molar-refractivity contribution in [1.29, 1.82) is 0 Å². The van der Waals surface area contributed by atoms with Crippen LogP contribution >= 0.6 is 11.3 Å². The quantitative estimate of drug-likeness (QED) is 0.590. The number of Topliss-reactive ketones (excluding diaryl/α,β-unsaturated/α-hetero) is 1. The third kappa shape index (κ3) is 1.51. The number of thiazole rings is 1. The van der Waals surface area contributed by atoms with Gasteiger partial charge in [-0.15, -0.1) is 0 Å². The lowest BCUT2D eigenvalue weighted by Gasteiger charge is -1.93. The molecular formula is C10H10N2O3S. The van der Waals surface area contributed by atoms with Gasteiger partial charge in [-0.1, -0.05) is 11.3 Å². The number of methoxy groups -OCH3 is 1. The van der Waals surface area contributed by atoms with E-state index in [4.69, 9.17) is 0 Å². The maximum atomic E-state index is 11.3. The molecule has 0 aliphatic carbocycles. The highest BCUT2D eigenvalue weighted by Gasteiger charge is 2.17. The van der Waals surface area contributed by atoms with E-state index in [0.29, 0.717) is 9.84 Å². The van der Waals surface area contributed by atoms with Crippen molar-refractivity contribution in [2.45, 2.75) is 13.8 Å². The molecule has 0 amide bonds. The fourth-order valence-corrected chi connectivity index (χ4v) is 2.48. The summed E-state index contributed by atoms with van der Waals surface area (Å²) in [5, 5.41) is 0. The van der Waals surface area contributed by atoms with Crippen LogP contribution in [0.15, 0.2) is 6.20 Å². The number of carbonyl (C=O) groups is 2. The number of ether oxygens (including phenoxy) is 1. The van der Waals surface area contributed by atoms with E-state index in [9.17, 15) is 9.59 Å².